The minimum Gasteiger partial charge on any atom is -0.378 e. The van der Waals surface area contributed by atoms with Crippen LogP contribution in [0.15, 0.2) is 0 Å². The second-order valence-corrected chi connectivity index (χ2v) is 3.71. The summed E-state index contributed by atoms with van der Waals surface area (Å²) < 4.78 is 15.4. The van der Waals surface area contributed by atoms with Crippen molar-refractivity contribution in [2.45, 2.75) is 18.1 Å². The number of hydrogen-bond donors (Lipinski definition) is 1. The summed E-state index contributed by atoms with van der Waals surface area (Å²) >= 11 is 0. The van der Waals surface area contributed by atoms with E-state index < -0.39 is 5.60 Å². The SMILES string of the molecule is COC1(C(=O)NC2COC2)CCOC1. The van der Waals surface area contributed by atoms with Crippen molar-refractivity contribution in [1.29, 1.82) is 0 Å². The van der Waals surface area contributed by atoms with Gasteiger partial charge in [-0.1, -0.05) is 0 Å². The molecule has 1 unspecified atom stereocenters. The summed E-state index contributed by atoms with van der Waals surface area (Å²) in [5, 5.41) is 2.88. The van der Waals surface area contributed by atoms with Crippen molar-refractivity contribution in [3.63, 3.8) is 0 Å². The van der Waals surface area contributed by atoms with Gasteiger partial charge in [-0.15, -0.1) is 0 Å². The highest BCUT2D eigenvalue weighted by atomic mass is 16.6. The number of hydrogen-bond acceptors (Lipinski definition) is 4. The van der Waals surface area contributed by atoms with Crippen LogP contribution in [0.4, 0.5) is 0 Å². The van der Waals surface area contributed by atoms with E-state index in [1.807, 2.05) is 0 Å². The quantitative estimate of drug-likeness (QED) is 0.656. The lowest BCUT2D eigenvalue weighted by atomic mass is 10.0. The number of carbonyl (C=O) groups excluding carboxylic acids is 1. The van der Waals surface area contributed by atoms with Gasteiger partial charge in [-0.05, 0) is 0 Å². The van der Waals surface area contributed by atoms with Gasteiger partial charge in [0.25, 0.3) is 5.91 Å². The van der Waals surface area contributed by atoms with Crippen LogP contribution in [0, 0.1) is 0 Å². The van der Waals surface area contributed by atoms with Crippen molar-refractivity contribution in [3.05, 3.63) is 0 Å². The predicted molar refractivity (Wildman–Crippen MR) is 47.9 cm³/mol. The fourth-order valence-corrected chi connectivity index (χ4v) is 1.61. The summed E-state index contributed by atoms with van der Waals surface area (Å²) in [6, 6.07) is 0.148. The topological polar surface area (TPSA) is 56.8 Å². The maximum atomic E-state index is 11.8. The van der Waals surface area contributed by atoms with E-state index in [0.29, 0.717) is 32.8 Å². The van der Waals surface area contributed by atoms with Crippen molar-refractivity contribution >= 4 is 5.91 Å². The lowest BCUT2D eigenvalue weighted by molar-refractivity contribution is -0.147. The number of nitrogens with one attached hydrogen (secondary N) is 1. The summed E-state index contributed by atoms with van der Waals surface area (Å²) in [5.41, 5.74) is -0.768. The first-order chi connectivity index (χ1) is 6.77. The highest BCUT2D eigenvalue weighted by Gasteiger charge is 2.43. The zero-order valence-corrected chi connectivity index (χ0v) is 8.25. The van der Waals surface area contributed by atoms with Crippen LogP contribution in [0.3, 0.4) is 0 Å². The van der Waals surface area contributed by atoms with Crippen molar-refractivity contribution < 1.29 is 19.0 Å². The molecule has 0 saturated carbocycles. The molecule has 0 aromatic heterocycles. The Labute approximate surface area is 82.7 Å². The third kappa shape index (κ3) is 1.63. The van der Waals surface area contributed by atoms with Gasteiger partial charge in [0.1, 0.15) is 0 Å². The van der Waals surface area contributed by atoms with Gasteiger partial charge in [-0.25, -0.2) is 0 Å². The third-order valence-electron chi connectivity index (χ3n) is 2.76. The van der Waals surface area contributed by atoms with Gasteiger partial charge in [0, 0.05) is 13.5 Å². The monoisotopic (exact) mass is 201 g/mol. The number of rotatable bonds is 3. The molecule has 1 N–H and O–H groups in total. The molecule has 0 aliphatic carbocycles. The van der Waals surface area contributed by atoms with Gasteiger partial charge in [-0.3, -0.25) is 4.79 Å². The van der Waals surface area contributed by atoms with Gasteiger partial charge in [0.05, 0.1) is 32.5 Å². The molecule has 0 aromatic carbocycles. The first-order valence-electron chi connectivity index (χ1n) is 4.78. The van der Waals surface area contributed by atoms with Gasteiger partial charge in [0.2, 0.25) is 0 Å². The summed E-state index contributed by atoms with van der Waals surface area (Å²) in [5.74, 6) is -0.0780. The first-order valence-corrected chi connectivity index (χ1v) is 4.78. The molecule has 1 amide bonds. The first kappa shape index (κ1) is 9.89. The highest BCUT2D eigenvalue weighted by Crippen LogP contribution is 2.23. The van der Waals surface area contributed by atoms with Gasteiger partial charge in [0.15, 0.2) is 5.60 Å². The average Bonchev–Trinajstić information content (AvgIpc) is 2.60. The third-order valence-corrected chi connectivity index (χ3v) is 2.76. The van der Waals surface area contributed by atoms with Crippen LogP contribution in [0.1, 0.15) is 6.42 Å². The maximum Gasteiger partial charge on any atom is 0.255 e. The van der Waals surface area contributed by atoms with Crippen LogP contribution in [0.5, 0.6) is 0 Å². The summed E-state index contributed by atoms with van der Waals surface area (Å²) in [4.78, 5) is 11.8. The largest absolute Gasteiger partial charge is 0.378 e. The molecule has 2 aliphatic heterocycles. The fourth-order valence-electron chi connectivity index (χ4n) is 1.61. The molecule has 2 heterocycles. The number of methoxy groups -OCH3 is 1. The molecule has 2 saturated heterocycles. The molecule has 80 valence electrons. The second kappa shape index (κ2) is 3.84. The van der Waals surface area contributed by atoms with E-state index in [0.717, 1.165) is 0 Å². The Morgan fingerprint density at radius 1 is 1.50 bits per heavy atom. The summed E-state index contributed by atoms with van der Waals surface area (Å²) in [6.45, 7) is 2.14. The Hall–Kier alpha value is -0.650. The van der Waals surface area contributed by atoms with E-state index in [-0.39, 0.29) is 11.9 Å². The number of carbonyl (C=O) groups is 1. The molecule has 14 heavy (non-hydrogen) atoms. The second-order valence-electron chi connectivity index (χ2n) is 3.71. The van der Waals surface area contributed by atoms with E-state index in [1.165, 1.54) is 0 Å². The van der Waals surface area contributed by atoms with Crippen molar-refractivity contribution in [1.82, 2.24) is 5.32 Å². The molecular formula is C9H15NO4. The van der Waals surface area contributed by atoms with E-state index >= 15 is 0 Å². The fraction of sp³-hybridized carbons (Fsp3) is 0.889. The average molecular weight is 201 g/mol. The number of ether oxygens (including phenoxy) is 3. The zero-order chi connectivity index (χ0) is 10.0. The van der Waals surface area contributed by atoms with Crippen LogP contribution < -0.4 is 5.32 Å². The minimum atomic E-state index is -0.768. The lowest BCUT2D eigenvalue weighted by Gasteiger charge is -2.31. The van der Waals surface area contributed by atoms with Gasteiger partial charge >= 0.3 is 0 Å². The van der Waals surface area contributed by atoms with Crippen molar-refractivity contribution in [3.8, 4) is 0 Å². The Morgan fingerprint density at radius 2 is 2.29 bits per heavy atom. The molecule has 5 nitrogen and oxygen atoms in total. The molecular weight excluding hydrogens is 186 g/mol. The van der Waals surface area contributed by atoms with Crippen molar-refractivity contribution in [2.24, 2.45) is 0 Å². The molecule has 0 radical (unpaired) electrons. The van der Waals surface area contributed by atoms with Crippen LogP contribution in [0.25, 0.3) is 0 Å². The number of amides is 1. The normalized spacial score (nSPS) is 32.6. The standard InChI is InChI=1S/C9H15NO4/c1-12-9(2-3-13-6-9)8(11)10-7-4-14-5-7/h7H,2-6H2,1H3,(H,10,11). The summed E-state index contributed by atoms with van der Waals surface area (Å²) in [6.07, 6.45) is 0.628. The van der Waals surface area contributed by atoms with Gasteiger partial charge in [-0.2, -0.15) is 0 Å². The van der Waals surface area contributed by atoms with Gasteiger partial charge < -0.3 is 19.5 Å². The molecule has 0 spiro atoms. The smallest absolute Gasteiger partial charge is 0.255 e. The van der Waals surface area contributed by atoms with Crippen molar-refractivity contribution in [2.75, 3.05) is 33.5 Å². The van der Waals surface area contributed by atoms with Crippen LogP contribution in [-0.2, 0) is 19.0 Å². The summed E-state index contributed by atoms with van der Waals surface area (Å²) in [7, 11) is 1.55. The molecule has 2 fully saturated rings. The van der Waals surface area contributed by atoms with Crippen LogP contribution >= 0.6 is 0 Å². The maximum absolute atomic E-state index is 11.8. The van der Waals surface area contributed by atoms with E-state index in [1.54, 1.807) is 7.11 Å². The lowest BCUT2D eigenvalue weighted by Crippen LogP contribution is -2.57. The Kier molecular flexibility index (Phi) is 2.71. The zero-order valence-electron chi connectivity index (χ0n) is 8.25. The molecule has 1 atom stereocenters. The molecule has 2 rings (SSSR count). The molecule has 0 aromatic rings. The molecule has 2 aliphatic rings. The van der Waals surface area contributed by atoms with Crippen LogP contribution in [-0.4, -0.2) is 51.1 Å². The highest BCUT2D eigenvalue weighted by molar-refractivity contribution is 5.86. The Morgan fingerprint density at radius 3 is 2.71 bits per heavy atom. The van der Waals surface area contributed by atoms with E-state index in [2.05, 4.69) is 5.32 Å². The van der Waals surface area contributed by atoms with E-state index in [4.69, 9.17) is 14.2 Å². The van der Waals surface area contributed by atoms with E-state index in [9.17, 15) is 4.79 Å². The van der Waals surface area contributed by atoms with Crippen LogP contribution in [0.2, 0.25) is 0 Å². The minimum absolute atomic E-state index is 0.0780. The Balaban J connectivity index is 1.92. The molecule has 5 heteroatoms. The molecule has 0 bridgehead atoms. The Bertz CT molecular complexity index is 221. The predicted octanol–water partition coefficient (Wildman–Crippen LogP) is -0.693.